The highest BCUT2D eigenvalue weighted by Crippen LogP contribution is 2.33. The molecule has 1 unspecified atom stereocenters. The van der Waals surface area contributed by atoms with Crippen LogP contribution in [-0.2, 0) is 32.3 Å². The molecule has 1 atom stereocenters. The van der Waals surface area contributed by atoms with Crippen LogP contribution in [-0.4, -0.2) is 88.1 Å². The maximum Gasteiger partial charge on any atom is 0.435 e. The van der Waals surface area contributed by atoms with Gasteiger partial charge in [0.25, 0.3) is 5.91 Å². The number of fused-ring (bicyclic) bond motifs is 1. The third kappa shape index (κ3) is 3.92. The molecule has 1 aromatic heterocycles. The predicted octanol–water partition coefficient (Wildman–Crippen LogP) is 0.0575. The van der Waals surface area contributed by atoms with E-state index in [9.17, 15) is 31.2 Å². The Bertz CT molecular complexity index is 973. The summed E-state index contributed by atoms with van der Waals surface area (Å²) in [6, 6.07) is -0.204. The fraction of sp³-hybridized carbons (Fsp3) is 0.706. The number of piperazine rings is 1. The van der Waals surface area contributed by atoms with Gasteiger partial charge in [-0.3, -0.25) is 19.2 Å². The third-order valence-corrected chi connectivity index (χ3v) is 7.49. The summed E-state index contributed by atoms with van der Waals surface area (Å²) in [6.45, 7) is 1.84. The van der Waals surface area contributed by atoms with Crippen molar-refractivity contribution in [3.05, 3.63) is 17.5 Å². The summed E-state index contributed by atoms with van der Waals surface area (Å²) in [4.78, 5) is 28.9. The second kappa shape index (κ2) is 7.22. The number of carbonyl (C=O) groups is 2. The molecule has 166 valence electrons. The fourth-order valence-electron chi connectivity index (χ4n) is 3.92. The lowest BCUT2D eigenvalue weighted by Gasteiger charge is -2.39. The summed E-state index contributed by atoms with van der Waals surface area (Å²) in [5, 5.41) is 3.47. The smallest absolute Gasteiger partial charge is 0.338 e. The van der Waals surface area contributed by atoms with E-state index in [1.807, 2.05) is 0 Å². The zero-order chi connectivity index (χ0) is 21.8. The van der Waals surface area contributed by atoms with E-state index in [0.717, 1.165) is 15.1 Å². The Kier molecular flexibility index (Phi) is 5.08. The summed E-state index contributed by atoms with van der Waals surface area (Å²) in [5.41, 5.74) is -0.868. The van der Waals surface area contributed by atoms with Crippen LogP contribution in [0.2, 0.25) is 0 Å². The second-order valence-corrected chi connectivity index (χ2v) is 9.86. The highest BCUT2D eigenvalue weighted by atomic mass is 32.2. The molecule has 3 fully saturated rings. The molecule has 0 spiro atoms. The molecule has 3 aliphatic rings. The van der Waals surface area contributed by atoms with Crippen molar-refractivity contribution in [3.8, 4) is 0 Å². The summed E-state index contributed by atoms with van der Waals surface area (Å²) in [7, 11) is -3.69. The molecule has 1 aromatic rings. The zero-order valence-electron chi connectivity index (χ0n) is 16.3. The van der Waals surface area contributed by atoms with Gasteiger partial charge in [0.05, 0.1) is 5.75 Å². The van der Waals surface area contributed by atoms with Crippen LogP contribution in [0.25, 0.3) is 0 Å². The third-order valence-electron chi connectivity index (χ3n) is 5.72. The molecule has 2 aliphatic heterocycles. The largest absolute Gasteiger partial charge is 0.435 e. The van der Waals surface area contributed by atoms with E-state index in [0.29, 0.717) is 19.4 Å². The van der Waals surface area contributed by atoms with E-state index in [4.69, 9.17) is 0 Å². The van der Waals surface area contributed by atoms with E-state index in [2.05, 4.69) is 5.10 Å². The number of aryl methyl sites for hydroxylation is 1. The van der Waals surface area contributed by atoms with Crippen LogP contribution >= 0.6 is 0 Å². The van der Waals surface area contributed by atoms with Crippen molar-refractivity contribution in [2.45, 2.75) is 44.6 Å². The number of alkyl halides is 3. The van der Waals surface area contributed by atoms with Crippen LogP contribution in [0.4, 0.5) is 13.2 Å². The van der Waals surface area contributed by atoms with Gasteiger partial charge in [0.15, 0.2) is 5.69 Å². The second-order valence-electron chi connectivity index (χ2n) is 7.90. The van der Waals surface area contributed by atoms with Gasteiger partial charge in [-0.05, 0) is 25.8 Å². The van der Waals surface area contributed by atoms with Gasteiger partial charge in [0.2, 0.25) is 15.9 Å². The molecule has 30 heavy (non-hydrogen) atoms. The van der Waals surface area contributed by atoms with E-state index in [1.165, 1.54) is 11.8 Å². The molecule has 0 radical (unpaired) electrons. The number of sulfonamides is 1. The maximum absolute atomic E-state index is 13.0. The Balaban J connectivity index is 1.49. The Morgan fingerprint density at radius 1 is 1.23 bits per heavy atom. The highest BCUT2D eigenvalue weighted by molar-refractivity contribution is 7.89. The Morgan fingerprint density at radius 3 is 2.53 bits per heavy atom. The van der Waals surface area contributed by atoms with Crippen LogP contribution < -0.4 is 0 Å². The molecule has 13 heteroatoms. The van der Waals surface area contributed by atoms with Crippen molar-refractivity contribution >= 4 is 21.8 Å². The number of amides is 2. The van der Waals surface area contributed by atoms with Gasteiger partial charge < -0.3 is 4.90 Å². The minimum atomic E-state index is -4.60. The molecule has 4 rings (SSSR count). The quantitative estimate of drug-likeness (QED) is 0.648. The van der Waals surface area contributed by atoms with Crippen LogP contribution in [0, 0.1) is 6.92 Å². The lowest BCUT2D eigenvalue weighted by atomic mass is 10.1. The van der Waals surface area contributed by atoms with Crippen molar-refractivity contribution in [1.82, 2.24) is 23.9 Å². The summed E-state index contributed by atoms with van der Waals surface area (Å²) >= 11 is 0. The highest BCUT2D eigenvalue weighted by Gasteiger charge is 2.48. The first kappa shape index (κ1) is 21.1. The minimum absolute atomic E-state index is 0.00283. The van der Waals surface area contributed by atoms with Gasteiger partial charge in [-0.15, -0.1) is 0 Å². The predicted molar refractivity (Wildman–Crippen MR) is 97.6 cm³/mol. The first-order valence-electron chi connectivity index (χ1n) is 9.67. The standard InChI is InChI=1S/C17H22F3N5O4S/c1-11-8-14(17(18,19)20)21-24(11)10-15(26)23-5-4-22-6-7-30(28,29)25(12-2-3-12)16(27)13(22)9-23/h8,12-13H,2-7,9-10H2,1H3. The van der Waals surface area contributed by atoms with Crippen molar-refractivity contribution in [2.24, 2.45) is 0 Å². The zero-order valence-corrected chi connectivity index (χ0v) is 17.1. The monoisotopic (exact) mass is 449 g/mol. The lowest BCUT2D eigenvalue weighted by Crippen LogP contribution is -2.60. The molecular weight excluding hydrogens is 427 g/mol. The molecule has 1 saturated carbocycles. The van der Waals surface area contributed by atoms with Crippen LogP contribution in [0.5, 0.6) is 0 Å². The lowest BCUT2D eigenvalue weighted by molar-refractivity contribution is -0.143. The van der Waals surface area contributed by atoms with Gasteiger partial charge in [-0.2, -0.15) is 18.3 Å². The molecule has 0 N–H and O–H groups in total. The molecular formula is C17H22F3N5O4S. The van der Waals surface area contributed by atoms with Gasteiger partial charge >= 0.3 is 6.18 Å². The molecule has 2 saturated heterocycles. The topological polar surface area (TPSA) is 95.8 Å². The SMILES string of the molecule is Cc1cc(C(F)(F)F)nn1CC(=O)N1CCN2CCS(=O)(=O)N(C3CC3)C(=O)C2C1. The Morgan fingerprint density at radius 2 is 1.93 bits per heavy atom. The molecule has 0 aromatic carbocycles. The number of nitrogens with zero attached hydrogens (tertiary/aromatic N) is 5. The average molecular weight is 449 g/mol. The van der Waals surface area contributed by atoms with Gasteiger partial charge in [-0.1, -0.05) is 0 Å². The van der Waals surface area contributed by atoms with Crippen molar-refractivity contribution in [1.29, 1.82) is 0 Å². The van der Waals surface area contributed by atoms with Crippen molar-refractivity contribution in [3.63, 3.8) is 0 Å². The van der Waals surface area contributed by atoms with Crippen LogP contribution in [0.1, 0.15) is 24.2 Å². The van der Waals surface area contributed by atoms with E-state index in [-0.39, 0.29) is 43.7 Å². The van der Waals surface area contributed by atoms with Gasteiger partial charge in [0, 0.05) is 37.9 Å². The molecule has 1 aliphatic carbocycles. The van der Waals surface area contributed by atoms with Crippen LogP contribution in [0.15, 0.2) is 6.07 Å². The molecule has 9 nitrogen and oxygen atoms in total. The van der Waals surface area contributed by atoms with E-state index in [1.54, 1.807) is 4.90 Å². The fourth-order valence-corrected chi connectivity index (χ4v) is 5.64. The van der Waals surface area contributed by atoms with Crippen LogP contribution in [0.3, 0.4) is 0 Å². The summed E-state index contributed by atoms with van der Waals surface area (Å²) in [5.74, 6) is -1.14. The summed E-state index contributed by atoms with van der Waals surface area (Å²) < 4.78 is 65.5. The minimum Gasteiger partial charge on any atom is -0.338 e. The first-order valence-corrected chi connectivity index (χ1v) is 11.3. The summed E-state index contributed by atoms with van der Waals surface area (Å²) in [6.07, 6.45) is -3.32. The number of hydrogen-bond donors (Lipinski definition) is 0. The molecule has 0 bridgehead atoms. The average Bonchev–Trinajstić information content (AvgIpc) is 3.42. The number of aromatic nitrogens is 2. The number of carbonyl (C=O) groups excluding carboxylic acids is 2. The number of hydrogen-bond acceptors (Lipinski definition) is 6. The van der Waals surface area contributed by atoms with Crippen molar-refractivity contribution in [2.75, 3.05) is 31.9 Å². The van der Waals surface area contributed by atoms with E-state index < -0.39 is 39.7 Å². The Hall–Kier alpha value is -2.15. The number of rotatable bonds is 3. The van der Waals surface area contributed by atoms with E-state index >= 15 is 0 Å². The first-order chi connectivity index (χ1) is 14.0. The van der Waals surface area contributed by atoms with Gasteiger partial charge in [-0.25, -0.2) is 12.7 Å². The van der Waals surface area contributed by atoms with Gasteiger partial charge in [0.1, 0.15) is 12.6 Å². The molecule has 2 amide bonds. The van der Waals surface area contributed by atoms with Crippen molar-refractivity contribution < 1.29 is 31.2 Å². The molecule has 3 heterocycles. The number of halogens is 3. The maximum atomic E-state index is 13.0. The Labute approximate surface area is 171 Å². The normalized spacial score (nSPS) is 25.2.